The van der Waals surface area contributed by atoms with Gasteiger partial charge in [-0.2, -0.15) is 9.61 Å². The van der Waals surface area contributed by atoms with E-state index in [1.165, 1.54) is 27.8 Å². The highest BCUT2D eigenvalue weighted by Crippen LogP contribution is 2.25. The second kappa shape index (κ2) is 9.55. The summed E-state index contributed by atoms with van der Waals surface area (Å²) >= 11 is 0. The number of rotatable bonds is 7. The van der Waals surface area contributed by atoms with Gasteiger partial charge in [-0.15, -0.1) is 0 Å². The molecule has 3 amide bonds. The summed E-state index contributed by atoms with van der Waals surface area (Å²) in [6, 6.07) is -0.478. The minimum atomic E-state index is -0.724. The fourth-order valence-corrected chi connectivity index (χ4v) is 4.39. The van der Waals surface area contributed by atoms with Gasteiger partial charge in [0.05, 0.1) is 6.20 Å². The van der Waals surface area contributed by atoms with E-state index < -0.39 is 23.4 Å². The van der Waals surface area contributed by atoms with Crippen molar-refractivity contribution in [1.82, 2.24) is 29.3 Å². The Morgan fingerprint density at radius 3 is 2.60 bits per heavy atom. The molecular weight excluding hydrogens is 452 g/mol. The van der Waals surface area contributed by atoms with Crippen LogP contribution in [0.15, 0.2) is 17.1 Å². The smallest absolute Gasteiger partial charge is 0.291 e. The molecule has 1 aliphatic heterocycles. The third-order valence-corrected chi connectivity index (χ3v) is 6.27. The fraction of sp³-hybridized carbons (Fsp3) is 0.542. The van der Waals surface area contributed by atoms with Crippen LogP contribution >= 0.6 is 0 Å². The zero-order valence-corrected chi connectivity index (χ0v) is 20.5. The molecule has 2 N–H and O–H groups in total. The third-order valence-electron chi connectivity index (χ3n) is 6.27. The van der Waals surface area contributed by atoms with Crippen LogP contribution in [0.4, 0.5) is 0 Å². The molecule has 2 fully saturated rings. The summed E-state index contributed by atoms with van der Waals surface area (Å²) in [6.07, 6.45) is 7.35. The first-order valence-corrected chi connectivity index (χ1v) is 11.9. The summed E-state index contributed by atoms with van der Waals surface area (Å²) in [7, 11) is 3.33. The maximum atomic E-state index is 13.1. The number of aromatic nitrogens is 3. The largest absolute Gasteiger partial charge is 0.494 e. The highest BCUT2D eigenvalue weighted by Gasteiger charge is 2.34. The molecule has 1 saturated carbocycles. The molecule has 188 valence electrons. The maximum Gasteiger partial charge on any atom is 0.291 e. The van der Waals surface area contributed by atoms with Crippen molar-refractivity contribution < 1.29 is 19.5 Å². The first-order valence-electron chi connectivity index (χ1n) is 11.9. The van der Waals surface area contributed by atoms with Crippen LogP contribution in [-0.2, 0) is 16.1 Å². The van der Waals surface area contributed by atoms with Crippen LogP contribution in [0.2, 0.25) is 0 Å². The van der Waals surface area contributed by atoms with Crippen LogP contribution in [0.25, 0.3) is 11.7 Å². The summed E-state index contributed by atoms with van der Waals surface area (Å²) in [5.41, 5.74) is -0.342. The lowest BCUT2D eigenvalue weighted by Gasteiger charge is -2.25. The number of likely N-dealkylation sites (N-methyl/N-ethyl adjacent to an activating group) is 1. The van der Waals surface area contributed by atoms with E-state index in [4.69, 9.17) is 0 Å². The van der Waals surface area contributed by atoms with Gasteiger partial charge in [0.15, 0.2) is 5.56 Å². The van der Waals surface area contributed by atoms with Crippen LogP contribution in [0.5, 0.6) is 5.88 Å². The lowest BCUT2D eigenvalue weighted by molar-refractivity contribution is -0.139. The Hall–Kier alpha value is -3.63. The number of aromatic hydroxyl groups is 1. The van der Waals surface area contributed by atoms with E-state index in [0.29, 0.717) is 25.1 Å². The Labute approximate surface area is 203 Å². The lowest BCUT2D eigenvalue weighted by atomic mass is 10.2. The molecule has 3 heterocycles. The Morgan fingerprint density at radius 1 is 1.26 bits per heavy atom. The molecule has 2 aliphatic rings. The summed E-state index contributed by atoms with van der Waals surface area (Å²) in [5.74, 6) is -1.39. The topological polar surface area (TPSA) is 129 Å². The van der Waals surface area contributed by atoms with Gasteiger partial charge in [0.25, 0.3) is 11.5 Å². The zero-order chi connectivity index (χ0) is 25.4. The van der Waals surface area contributed by atoms with E-state index in [-0.39, 0.29) is 35.0 Å². The normalized spacial score (nSPS) is 18.1. The van der Waals surface area contributed by atoms with Gasteiger partial charge in [0, 0.05) is 44.9 Å². The maximum absolute atomic E-state index is 13.1. The average molecular weight is 485 g/mol. The van der Waals surface area contributed by atoms with Crippen molar-refractivity contribution in [2.75, 3.05) is 20.6 Å². The molecule has 0 bridgehead atoms. The SMILES string of the molecule is CC(C)Cn1c(O)c(C(=O)NC2CC2)c(=O)n2ncc(C=CC(=O)N3CCCC3C(=O)N(C)C)c12. The average Bonchev–Trinajstić information content (AvgIpc) is 3.30. The van der Waals surface area contributed by atoms with Crippen LogP contribution in [0.1, 0.15) is 55.5 Å². The lowest BCUT2D eigenvalue weighted by Crippen LogP contribution is -2.44. The van der Waals surface area contributed by atoms with Crippen LogP contribution in [0, 0.1) is 5.92 Å². The van der Waals surface area contributed by atoms with Gasteiger partial charge >= 0.3 is 0 Å². The number of hydrogen-bond acceptors (Lipinski definition) is 6. The van der Waals surface area contributed by atoms with E-state index in [2.05, 4.69) is 10.4 Å². The molecule has 35 heavy (non-hydrogen) atoms. The van der Waals surface area contributed by atoms with Gasteiger partial charge in [-0.25, -0.2) is 0 Å². The summed E-state index contributed by atoms with van der Waals surface area (Å²) < 4.78 is 2.57. The molecule has 1 aliphatic carbocycles. The summed E-state index contributed by atoms with van der Waals surface area (Å²) in [6.45, 7) is 4.71. The van der Waals surface area contributed by atoms with E-state index in [0.717, 1.165) is 23.8 Å². The number of nitrogens with zero attached hydrogens (tertiary/aromatic N) is 5. The van der Waals surface area contributed by atoms with Crippen molar-refractivity contribution in [3.8, 4) is 5.88 Å². The van der Waals surface area contributed by atoms with Crippen molar-refractivity contribution in [1.29, 1.82) is 0 Å². The van der Waals surface area contributed by atoms with E-state index in [9.17, 15) is 24.3 Å². The third kappa shape index (κ3) is 4.80. The number of hydrogen-bond donors (Lipinski definition) is 2. The predicted molar refractivity (Wildman–Crippen MR) is 129 cm³/mol. The minimum Gasteiger partial charge on any atom is -0.494 e. The molecule has 2 aromatic rings. The Bertz CT molecular complexity index is 1250. The number of carbonyl (C=O) groups is 3. The number of carbonyl (C=O) groups excluding carboxylic acids is 3. The minimum absolute atomic E-state index is 0.0199. The first-order chi connectivity index (χ1) is 16.6. The Kier molecular flexibility index (Phi) is 6.68. The van der Waals surface area contributed by atoms with Gasteiger partial charge in [-0.05, 0) is 37.7 Å². The van der Waals surface area contributed by atoms with Crippen molar-refractivity contribution in [2.24, 2.45) is 5.92 Å². The van der Waals surface area contributed by atoms with E-state index in [1.807, 2.05) is 13.8 Å². The Balaban J connectivity index is 1.71. The highest BCUT2D eigenvalue weighted by molar-refractivity contribution is 5.98. The van der Waals surface area contributed by atoms with Crippen LogP contribution in [0.3, 0.4) is 0 Å². The molecule has 0 aromatic carbocycles. The first kappa shape index (κ1) is 24.5. The highest BCUT2D eigenvalue weighted by atomic mass is 16.3. The van der Waals surface area contributed by atoms with Crippen LogP contribution < -0.4 is 10.9 Å². The molecule has 11 nitrogen and oxygen atoms in total. The monoisotopic (exact) mass is 484 g/mol. The second-order valence-electron chi connectivity index (χ2n) is 9.85. The van der Waals surface area contributed by atoms with Gasteiger partial charge in [-0.3, -0.25) is 23.7 Å². The van der Waals surface area contributed by atoms with Gasteiger partial charge in [0.1, 0.15) is 11.7 Å². The second-order valence-corrected chi connectivity index (χ2v) is 9.85. The predicted octanol–water partition coefficient (Wildman–Crippen LogP) is 0.842. The molecule has 0 spiro atoms. The van der Waals surface area contributed by atoms with Crippen molar-refractivity contribution in [3.63, 3.8) is 0 Å². The van der Waals surface area contributed by atoms with Gasteiger partial charge in [-0.1, -0.05) is 13.8 Å². The number of nitrogens with one attached hydrogen (secondary N) is 1. The van der Waals surface area contributed by atoms with E-state index in [1.54, 1.807) is 19.0 Å². The van der Waals surface area contributed by atoms with E-state index >= 15 is 0 Å². The van der Waals surface area contributed by atoms with Gasteiger partial charge in [0.2, 0.25) is 17.7 Å². The summed E-state index contributed by atoms with van der Waals surface area (Å²) in [5, 5.41) is 17.9. The summed E-state index contributed by atoms with van der Waals surface area (Å²) in [4.78, 5) is 54.2. The Morgan fingerprint density at radius 2 is 1.97 bits per heavy atom. The molecular formula is C24H32N6O5. The molecule has 1 atom stereocenters. The standard InChI is InChI=1S/C24H32N6O5/c1-14(2)13-29-21-15(7-10-18(31)28-11-5-6-17(28)22(33)27(3)4)12-25-30(21)24(35)19(23(29)34)20(32)26-16-8-9-16/h7,10,12,14,16-17,34H,5-6,8-9,11,13H2,1-4H3,(H,26,32). The fourth-order valence-electron chi connectivity index (χ4n) is 4.39. The molecule has 11 heteroatoms. The number of fused-ring (bicyclic) bond motifs is 1. The van der Waals surface area contributed by atoms with Crippen LogP contribution in [-0.4, -0.2) is 79.5 Å². The number of amides is 3. The molecule has 0 radical (unpaired) electrons. The molecule has 1 unspecified atom stereocenters. The molecule has 2 aromatic heterocycles. The number of likely N-dealkylation sites (tertiary alicyclic amines) is 1. The van der Waals surface area contributed by atoms with Gasteiger partial charge < -0.3 is 20.2 Å². The van der Waals surface area contributed by atoms with Crippen molar-refractivity contribution in [2.45, 2.75) is 58.2 Å². The van der Waals surface area contributed by atoms with Crippen molar-refractivity contribution >= 4 is 29.4 Å². The molecule has 1 saturated heterocycles. The molecule has 4 rings (SSSR count). The zero-order valence-electron chi connectivity index (χ0n) is 20.5. The van der Waals surface area contributed by atoms with Crippen molar-refractivity contribution in [3.05, 3.63) is 33.8 Å². The quantitative estimate of drug-likeness (QED) is 0.561.